The Kier molecular flexibility index (Phi) is 4.52. The number of nitrogens with two attached hydrogens (primary N) is 1. The number of aryl methyl sites for hydroxylation is 1. The summed E-state index contributed by atoms with van der Waals surface area (Å²) in [5.74, 6) is 0.124. The molecule has 0 unspecified atom stereocenters. The number of aromatic nitrogens is 2. The van der Waals surface area contributed by atoms with E-state index in [1.165, 1.54) is 0 Å². The molecular formula is C16H20N4O. The monoisotopic (exact) mass is 284 g/mol. The highest BCUT2D eigenvalue weighted by atomic mass is 16.2. The number of carbonyl (C=O) groups excluding carboxylic acids is 1. The number of nitrogens with zero attached hydrogens (tertiary/aromatic N) is 3. The zero-order valence-electron chi connectivity index (χ0n) is 12.6. The van der Waals surface area contributed by atoms with E-state index in [-0.39, 0.29) is 11.9 Å². The summed E-state index contributed by atoms with van der Waals surface area (Å²) in [7, 11) is 0. The molecule has 0 aliphatic rings. The molecule has 0 aliphatic heterocycles. The van der Waals surface area contributed by atoms with Crippen molar-refractivity contribution in [3.8, 4) is 11.3 Å². The van der Waals surface area contributed by atoms with Gasteiger partial charge in [0.15, 0.2) is 0 Å². The van der Waals surface area contributed by atoms with E-state index in [1.54, 1.807) is 11.8 Å². The van der Waals surface area contributed by atoms with Crippen LogP contribution >= 0.6 is 0 Å². The van der Waals surface area contributed by atoms with Gasteiger partial charge >= 0.3 is 0 Å². The van der Waals surface area contributed by atoms with E-state index in [0.29, 0.717) is 30.0 Å². The summed E-state index contributed by atoms with van der Waals surface area (Å²) in [4.78, 5) is 22.9. The zero-order chi connectivity index (χ0) is 15.4. The van der Waals surface area contributed by atoms with Crippen molar-refractivity contribution in [2.45, 2.75) is 20.8 Å². The maximum atomic E-state index is 12.7. The van der Waals surface area contributed by atoms with Gasteiger partial charge in [0, 0.05) is 18.7 Å². The molecule has 0 fully saturated rings. The summed E-state index contributed by atoms with van der Waals surface area (Å²) < 4.78 is 0. The Morgan fingerprint density at radius 3 is 2.33 bits per heavy atom. The van der Waals surface area contributed by atoms with Crippen molar-refractivity contribution < 1.29 is 4.79 Å². The maximum absolute atomic E-state index is 12.7. The van der Waals surface area contributed by atoms with Gasteiger partial charge in [0.1, 0.15) is 0 Å². The Morgan fingerprint density at radius 1 is 1.14 bits per heavy atom. The third-order valence-corrected chi connectivity index (χ3v) is 3.42. The van der Waals surface area contributed by atoms with Crippen LogP contribution in [0, 0.1) is 6.92 Å². The molecule has 1 heterocycles. The molecule has 1 amide bonds. The van der Waals surface area contributed by atoms with Gasteiger partial charge < -0.3 is 10.6 Å². The molecule has 2 N–H and O–H groups in total. The van der Waals surface area contributed by atoms with Gasteiger partial charge in [0.2, 0.25) is 5.95 Å². The van der Waals surface area contributed by atoms with E-state index in [4.69, 9.17) is 5.73 Å². The van der Waals surface area contributed by atoms with Crippen molar-refractivity contribution in [1.82, 2.24) is 14.9 Å². The fourth-order valence-corrected chi connectivity index (χ4v) is 2.32. The minimum Gasteiger partial charge on any atom is -0.368 e. The van der Waals surface area contributed by atoms with E-state index in [9.17, 15) is 4.79 Å². The average molecular weight is 284 g/mol. The van der Waals surface area contributed by atoms with Gasteiger partial charge in [-0.05, 0) is 20.8 Å². The minimum absolute atomic E-state index is 0.0589. The SMILES string of the molecule is CCN(CC)C(=O)c1c(C)nc(N)nc1-c1ccccc1. The minimum atomic E-state index is -0.0589. The van der Waals surface area contributed by atoms with Crippen LogP contribution in [0.2, 0.25) is 0 Å². The fraction of sp³-hybridized carbons (Fsp3) is 0.312. The third-order valence-electron chi connectivity index (χ3n) is 3.42. The van der Waals surface area contributed by atoms with E-state index >= 15 is 0 Å². The highest BCUT2D eigenvalue weighted by Crippen LogP contribution is 2.25. The summed E-state index contributed by atoms with van der Waals surface area (Å²) >= 11 is 0. The van der Waals surface area contributed by atoms with Crippen LogP contribution in [0.5, 0.6) is 0 Å². The lowest BCUT2D eigenvalue weighted by molar-refractivity contribution is 0.0772. The molecule has 5 heteroatoms. The van der Waals surface area contributed by atoms with Crippen molar-refractivity contribution in [3.05, 3.63) is 41.6 Å². The highest BCUT2D eigenvalue weighted by Gasteiger charge is 2.22. The average Bonchev–Trinajstić information content (AvgIpc) is 2.48. The van der Waals surface area contributed by atoms with Gasteiger partial charge in [-0.2, -0.15) is 0 Å². The molecular weight excluding hydrogens is 264 g/mol. The molecule has 5 nitrogen and oxygen atoms in total. The molecule has 0 spiro atoms. The van der Waals surface area contributed by atoms with Gasteiger partial charge in [0.25, 0.3) is 5.91 Å². The molecule has 2 rings (SSSR count). The number of hydrogen-bond acceptors (Lipinski definition) is 4. The van der Waals surface area contributed by atoms with Crippen LogP contribution in [0.3, 0.4) is 0 Å². The third kappa shape index (κ3) is 3.02. The van der Waals surface area contributed by atoms with Crippen LogP contribution in [0.1, 0.15) is 29.9 Å². The summed E-state index contributed by atoms with van der Waals surface area (Å²) in [6, 6.07) is 9.58. The molecule has 0 saturated carbocycles. The molecule has 0 atom stereocenters. The maximum Gasteiger partial charge on any atom is 0.257 e. The normalized spacial score (nSPS) is 10.4. The number of amides is 1. The van der Waals surface area contributed by atoms with Gasteiger partial charge in [-0.3, -0.25) is 4.79 Å². The van der Waals surface area contributed by atoms with Crippen molar-refractivity contribution in [2.75, 3.05) is 18.8 Å². The Hall–Kier alpha value is -2.43. The first-order valence-corrected chi connectivity index (χ1v) is 7.07. The highest BCUT2D eigenvalue weighted by molar-refractivity contribution is 6.01. The van der Waals surface area contributed by atoms with Crippen LogP contribution in [-0.2, 0) is 0 Å². The second-order valence-corrected chi connectivity index (χ2v) is 4.73. The number of benzene rings is 1. The number of rotatable bonds is 4. The van der Waals surface area contributed by atoms with Gasteiger partial charge in [-0.25, -0.2) is 9.97 Å². The van der Waals surface area contributed by atoms with Crippen molar-refractivity contribution >= 4 is 11.9 Å². The van der Waals surface area contributed by atoms with Crippen molar-refractivity contribution in [3.63, 3.8) is 0 Å². The van der Waals surface area contributed by atoms with Gasteiger partial charge in [-0.15, -0.1) is 0 Å². The first kappa shape index (κ1) is 15.0. The van der Waals surface area contributed by atoms with Gasteiger partial charge in [0.05, 0.1) is 17.0 Å². The quantitative estimate of drug-likeness (QED) is 0.936. The number of carbonyl (C=O) groups is 1. The predicted octanol–water partition coefficient (Wildman–Crippen LogP) is 2.52. The van der Waals surface area contributed by atoms with Gasteiger partial charge in [-0.1, -0.05) is 30.3 Å². The number of nitrogen functional groups attached to an aromatic ring is 1. The van der Waals surface area contributed by atoms with Crippen LogP contribution in [0.4, 0.5) is 5.95 Å². The van der Waals surface area contributed by atoms with E-state index in [0.717, 1.165) is 5.56 Å². The zero-order valence-corrected chi connectivity index (χ0v) is 12.6. The van der Waals surface area contributed by atoms with Crippen LogP contribution in [-0.4, -0.2) is 33.9 Å². The molecule has 110 valence electrons. The summed E-state index contributed by atoms with van der Waals surface area (Å²) in [6.07, 6.45) is 0. The topological polar surface area (TPSA) is 72.1 Å². The summed E-state index contributed by atoms with van der Waals surface area (Å²) in [6.45, 7) is 7.00. The summed E-state index contributed by atoms with van der Waals surface area (Å²) in [5.41, 5.74) is 8.36. The molecule has 0 saturated heterocycles. The number of anilines is 1. The van der Waals surface area contributed by atoms with Crippen molar-refractivity contribution in [1.29, 1.82) is 0 Å². The lowest BCUT2D eigenvalue weighted by Crippen LogP contribution is -2.32. The smallest absolute Gasteiger partial charge is 0.257 e. The van der Waals surface area contributed by atoms with E-state index in [1.807, 2.05) is 44.2 Å². The van der Waals surface area contributed by atoms with Crippen molar-refractivity contribution in [2.24, 2.45) is 0 Å². The first-order chi connectivity index (χ1) is 10.1. The first-order valence-electron chi connectivity index (χ1n) is 7.07. The Bertz CT molecular complexity index is 636. The molecule has 0 bridgehead atoms. The fourth-order valence-electron chi connectivity index (χ4n) is 2.32. The standard InChI is InChI=1S/C16H20N4O/c1-4-20(5-2)15(21)13-11(3)18-16(17)19-14(13)12-9-7-6-8-10-12/h6-10H,4-5H2,1-3H3,(H2,17,18,19). The van der Waals surface area contributed by atoms with Crippen LogP contribution < -0.4 is 5.73 Å². The largest absolute Gasteiger partial charge is 0.368 e. The predicted molar refractivity (Wildman–Crippen MR) is 83.9 cm³/mol. The number of hydrogen-bond donors (Lipinski definition) is 1. The lowest BCUT2D eigenvalue weighted by atomic mass is 10.0. The van der Waals surface area contributed by atoms with Crippen LogP contribution in [0.15, 0.2) is 30.3 Å². The Morgan fingerprint density at radius 2 is 1.76 bits per heavy atom. The summed E-state index contributed by atoms with van der Waals surface area (Å²) in [5, 5.41) is 0. The van der Waals surface area contributed by atoms with Crippen LogP contribution in [0.25, 0.3) is 11.3 Å². The molecule has 0 radical (unpaired) electrons. The van der Waals surface area contributed by atoms with E-state index in [2.05, 4.69) is 9.97 Å². The molecule has 2 aromatic rings. The molecule has 1 aromatic carbocycles. The van der Waals surface area contributed by atoms with E-state index < -0.39 is 0 Å². The Balaban J connectivity index is 2.62. The second kappa shape index (κ2) is 6.35. The molecule has 0 aliphatic carbocycles. The lowest BCUT2D eigenvalue weighted by Gasteiger charge is -2.21. The second-order valence-electron chi connectivity index (χ2n) is 4.73. The molecule has 21 heavy (non-hydrogen) atoms. The Labute approximate surface area is 124 Å². The molecule has 1 aromatic heterocycles.